The molecule has 3 rings (SSSR count). The summed E-state index contributed by atoms with van der Waals surface area (Å²) in [6.07, 6.45) is 8.41. The van der Waals surface area contributed by atoms with Gasteiger partial charge in [0.2, 0.25) is 0 Å². The molecule has 7 heteroatoms. The van der Waals surface area contributed by atoms with Crippen molar-refractivity contribution in [3.63, 3.8) is 0 Å². The number of methoxy groups -OCH3 is 1. The van der Waals surface area contributed by atoms with Crippen LogP contribution in [0.3, 0.4) is 0 Å². The molecule has 0 radical (unpaired) electrons. The van der Waals surface area contributed by atoms with Crippen LogP contribution < -0.4 is 10.2 Å². The number of carbonyl (C=O) groups excluding carboxylic acids is 1. The van der Waals surface area contributed by atoms with Crippen LogP contribution in [-0.2, 0) is 11.2 Å². The van der Waals surface area contributed by atoms with E-state index in [9.17, 15) is 4.79 Å². The third kappa shape index (κ3) is 3.93. The first kappa shape index (κ1) is 17.3. The van der Waals surface area contributed by atoms with E-state index in [1.807, 2.05) is 13.0 Å². The molecular weight excluding hydrogens is 318 g/mol. The molecule has 1 N–H and O–H groups in total. The van der Waals surface area contributed by atoms with Gasteiger partial charge in [0.1, 0.15) is 12.1 Å². The normalized spacial score (nSPS) is 19.8. The lowest BCUT2D eigenvalue weighted by atomic mass is 10.1. The lowest BCUT2D eigenvalue weighted by molar-refractivity contribution is 0.0945. The zero-order chi connectivity index (χ0) is 17.6. The lowest BCUT2D eigenvalue weighted by Crippen LogP contribution is -2.40. The van der Waals surface area contributed by atoms with Gasteiger partial charge in [-0.2, -0.15) is 0 Å². The average molecular weight is 341 g/mol. The van der Waals surface area contributed by atoms with Crippen LogP contribution in [0, 0.1) is 0 Å². The number of nitrogens with zero attached hydrogens (tertiary/aromatic N) is 4. The smallest absolute Gasteiger partial charge is 0.251 e. The van der Waals surface area contributed by atoms with Crippen molar-refractivity contribution in [2.24, 2.45) is 0 Å². The number of aromatic nitrogens is 3. The van der Waals surface area contributed by atoms with Crippen LogP contribution >= 0.6 is 0 Å². The van der Waals surface area contributed by atoms with Gasteiger partial charge in [-0.05, 0) is 30.5 Å². The molecule has 3 heterocycles. The van der Waals surface area contributed by atoms with Crippen LogP contribution in [0.1, 0.15) is 29.3 Å². The summed E-state index contributed by atoms with van der Waals surface area (Å²) in [6.45, 7) is 3.31. The Labute approximate surface area is 147 Å². The number of aryl methyl sites for hydroxylation is 1. The molecule has 25 heavy (non-hydrogen) atoms. The maximum Gasteiger partial charge on any atom is 0.251 e. The SMILES string of the molecule is CCc1cnccc1C(=O)NC[C@H]1C[C@@H](OC)CN1c1ccncn1. The third-order valence-electron chi connectivity index (χ3n) is 4.60. The highest BCUT2D eigenvalue weighted by atomic mass is 16.5. The van der Waals surface area contributed by atoms with Crippen molar-refractivity contribution in [3.05, 3.63) is 48.2 Å². The molecule has 1 aliphatic rings. The summed E-state index contributed by atoms with van der Waals surface area (Å²) in [5.74, 6) is 0.787. The van der Waals surface area contributed by atoms with Gasteiger partial charge in [0.25, 0.3) is 5.91 Å². The molecule has 1 amide bonds. The van der Waals surface area contributed by atoms with Crippen molar-refractivity contribution in [3.8, 4) is 0 Å². The zero-order valence-electron chi connectivity index (χ0n) is 14.6. The molecule has 7 nitrogen and oxygen atoms in total. The summed E-state index contributed by atoms with van der Waals surface area (Å²) < 4.78 is 5.52. The number of rotatable bonds is 6. The van der Waals surface area contributed by atoms with Crippen molar-refractivity contribution in [1.82, 2.24) is 20.3 Å². The minimum atomic E-state index is -0.0669. The van der Waals surface area contributed by atoms with E-state index >= 15 is 0 Å². The number of nitrogens with one attached hydrogen (secondary N) is 1. The minimum absolute atomic E-state index is 0.0669. The summed E-state index contributed by atoms with van der Waals surface area (Å²) in [4.78, 5) is 27.1. The number of hydrogen-bond acceptors (Lipinski definition) is 6. The Hall–Kier alpha value is -2.54. The van der Waals surface area contributed by atoms with Crippen molar-refractivity contribution >= 4 is 11.7 Å². The molecule has 0 unspecified atom stereocenters. The standard InChI is InChI=1S/C18H23N5O2/c1-3-13-9-19-6-4-16(13)18(24)21-10-14-8-15(25-2)11-23(14)17-5-7-20-12-22-17/h4-7,9,12,14-15H,3,8,10-11H2,1-2H3,(H,21,24)/t14-,15-/m1/s1. The topological polar surface area (TPSA) is 80.2 Å². The summed E-state index contributed by atoms with van der Waals surface area (Å²) in [6, 6.07) is 3.78. The molecule has 2 aromatic rings. The Morgan fingerprint density at radius 3 is 2.92 bits per heavy atom. The van der Waals surface area contributed by atoms with E-state index in [0.717, 1.165) is 30.8 Å². The van der Waals surface area contributed by atoms with Crippen molar-refractivity contribution < 1.29 is 9.53 Å². The first-order valence-electron chi connectivity index (χ1n) is 8.49. The lowest BCUT2D eigenvalue weighted by Gasteiger charge is -2.25. The Balaban J connectivity index is 1.69. The highest BCUT2D eigenvalue weighted by Crippen LogP contribution is 2.24. The highest BCUT2D eigenvalue weighted by Gasteiger charge is 2.33. The van der Waals surface area contributed by atoms with Gasteiger partial charge in [0.05, 0.1) is 12.1 Å². The van der Waals surface area contributed by atoms with Crippen LogP contribution in [0.5, 0.6) is 0 Å². The number of hydrogen-bond donors (Lipinski definition) is 1. The molecule has 0 saturated carbocycles. The molecule has 0 spiro atoms. The van der Waals surface area contributed by atoms with Gasteiger partial charge in [-0.15, -0.1) is 0 Å². The quantitative estimate of drug-likeness (QED) is 0.857. The summed E-state index contributed by atoms with van der Waals surface area (Å²) in [5.41, 5.74) is 1.64. The molecule has 1 saturated heterocycles. The van der Waals surface area contributed by atoms with Gasteiger partial charge < -0.3 is 15.0 Å². The summed E-state index contributed by atoms with van der Waals surface area (Å²) in [5, 5.41) is 3.05. The van der Waals surface area contributed by atoms with Gasteiger partial charge in [0.15, 0.2) is 0 Å². The summed E-state index contributed by atoms with van der Waals surface area (Å²) in [7, 11) is 1.72. The van der Waals surface area contributed by atoms with Gasteiger partial charge in [-0.25, -0.2) is 9.97 Å². The third-order valence-corrected chi connectivity index (χ3v) is 4.60. The van der Waals surface area contributed by atoms with E-state index < -0.39 is 0 Å². The van der Waals surface area contributed by atoms with E-state index in [4.69, 9.17) is 4.74 Å². The van der Waals surface area contributed by atoms with Crippen molar-refractivity contribution in [2.45, 2.75) is 31.9 Å². The number of carbonyl (C=O) groups is 1. The van der Waals surface area contributed by atoms with Gasteiger partial charge in [0, 0.05) is 44.4 Å². The number of ether oxygens (including phenoxy) is 1. The second kappa shape index (κ2) is 8.02. The van der Waals surface area contributed by atoms with E-state index in [0.29, 0.717) is 12.1 Å². The Kier molecular flexibility index (Phi) is 5.55. The maximum absolute atomic E-state index is 12.6. The van der Waals surface area contributed by atoms with Crippen LogP contribution in [0.15, 0.2) is 37.1 Å². The number of anilines is 1. The molecule has 2 aromatic heterocycles. The van der Waals surface area contributed by atoms with Crippen LogP contribution in [0.4, 0.5) is 5.82 Å². The van der Waals surface area contributed by atoms with Crippen LogP contribution in [0.2, 0.25) is 0 Å². The van der Waals surface area contributed by atoms with E-state index in [-0.39, 0.29) is 18.1 Å². The van der Waals surface area contributed by atoms with E-state index in [2.05, 4.69) is 25.2 Å². The molecule has 132 valence electrons. The first-order chi connectivity index (χ1) is 12.2. The molecule has 1 fully saturated rings. The van der Waals surface area contributed by atoms with Crippen molar-refractivity contribution in [1.29, 1.82) is 0 Å². The second-order valence-electron chi connectivity index (χ2n) is 6.06. The predicted molar refractivity (Wildman–Crippen MR) is 94.5 cm³/mol. The predicted octanol–water partition coefficient (Wildman–Crippen LogP) is 1.46. The molecule has 0 aromatic carbocycles. The van der Waals surface area contributed by atoms with Crippen molar-refractivity contribution in [2.75, 3.05) is 25.1 Å². The van der Waals surface area contributed by atoms with Gasteiger partial charge in [-0.3, -0.25) is 9.78 Å². The van der Waals surface area contributed by atoms with E-state index in [1.165, 1.54) is 6.33 Å². The fourth-order valence-corrected chi connectivity index (χ4v) is 3.21. The monoisotopic (exact) mass is 341 g/mol. The molecular formula is C18H23N5O2. The molecule has 2 atom stereocenters. The average Bonchev–Trinajstić information content (AvgIpc) is 3.10. The molecule has 1 aliphatic heterocycles. The Morgan fingerprint density at radius 1 is 1.36 bits per heavy atom. The Morgan fingerprint density at radius 2 is 2.20 bits per heavy atom. The number of amides is 1. The minimum Gasteiger partial charge on any atom is -0.380 e. The molecule has 0 bridgehead atoms. The maximum atomic E-state index is 12.6. The summed E-state index contributed by atoms with van der Waals surface area (Å²) >= 11 is 0. The second-order valence-corrected chi connectivity index (χ2v) is 6.06. The zero-order valence-corrected chi connectivity index (χ0v) is 14.6. The highest BCUT2D eigenvalue weighted by molar-refractivity contribution is 5.95. The van der Waals surface area contributed by atoms with Crippen LogP contribution in [-0.4, -0.2) is 53.2 Å². The molecule has 0 aliphatic carbocycles. The Bertz CT molecular complexity index is 710. The fraction of sp³-hybridized carbons (Fsp3) is 0.444. The fourth-order valence-electron chi connectivity index (χ4n) is 3.21. The largest absolute Gasteiger partial charge is 0.380 e. The van der Waals surface area contributed by atoms with Crippen LogP contribution in [0.25, 0.3) is 0 Å². The number of pyridine rings is 1. The van der Waals surface area contributed by atoms with E-state index in [1.54, 1.807) is 31.8 Å². The first-order valence-corrected chi connectivity index (χ1v) is 8.49. The van der Waals surface area contributed by atoms with Gasteiger partial charge in [-0.1, -0.05) is 6.92 Å². The van der Waals surface area contributed by atoms with Gasteiger partial charge >= 0.3 is 0 Å².